The van der Waals surface area contributed by atoms with E-state index < -0.39 is 0 Å². The number of amides is 2. The third-order valence-electron chi connectivity index (χ3n) is 6.05. The standard InChI is InChI=1S/C21H27N3O3.ClH/c25-19-9-4-3-8-18(19)23-14-12-22(13-15-23)10-5-11-24-20(26)16-6-1-2-7-17(16)21(24)27;/h1-4,8-9,16-17,25H,5-7,10-15H2;1H. The molecule has 1 N–H and O–H groups in total. The van der Waals surface area contributed by atoms with Gasteiger partial charge in [0.2, 0.25) is 11.8 Å². The number of nitrogens with zero attached hydrogens (tertiary/aromatic N) is 3. The summed E-state index contributed by atoms with van der Waals surface area (Å²) in [7, 11) is 0. The lowest BCUT2D eigenvalue weighted by molar-refractivity contribution is -0.140. The minimum Gasteiger partial charge on any atom is -0.506 e. The van der Waals surface area contributed by atoms with Crippen molar-refractivity contribution in [2.75, 3.05) is 44.2 Å². The van der Waals surface area contributed by atoms with E-state index in [0.29, 0.717) is 25.1 Å². The van der Waals surface area contributed by atoms with Crippen LogP contribution in [-0.2, 0) is 9.59 Å². The van der Waals surface area contributed by atoms with E-state index in [1.54, 1.807) is 6.07 Å². The van der Waals surface area contributed by atoms with Crippen LogP contribution in [0.5, 0.6) is 5.75 Å². The molecule has 152 valence electrons. The van der Waals surface area contributed by atoms with Crippen molar-refractivity contribution in [1.29, 1.82) is 0 Å². The van der Waals surface area contributed by atoms with Crippen LogP contribution in [0.25, 0.3) is 0 Å². The van der Waals surface area contributed by atoms with Gasteiger partial charge in [0.1, 0.15) is 5.75 Å². The van der Waals surface area contributed by atoms with Gasteiger partial charge in [-0.25, -0.2) is 0 Å². The Morgan fingerprint density at radius 1 is 0.893 bits per heavy atom. The van der Waals surface area contributed by atoms with Crippen LogP contribution in [0, 0.1) is 11.8 Å². The number of piperazine rings is 1. The highest BCUT2D eigenvalue weighted by molar-refractivity contribution is 6.05. The molecule has 2 aliphatic heterocycles. The number of carbonyl (C=O) groups is 2. The minimum atomic E-state index is -0.121. The minimum absolute atomic E-state index is 0. The fraction of sp³-hybridized carbons (Fsp3) is 0.524. The molecule has 1 aromatic carbocycles. The fourth-order valence-corrected chi connectivity index (χ4v) is 4.49. The van der Waals surface area contributed by atoms with E-state index in [9.17, 15) is 14.7 Å². The molecule has 0 radical (unpaired) electrons. The summed E-state index contributed by atoms with van der Waals surface area (Å²) in [6.45, 7) is 5.00. The summed E-state index contributed by atoms with van der Waals surface area (Å²) < 4.78 is 0. The number of phenolic OH excluding ortho intramolecular Hbond substituents is 1. The summed E-state index contributed by atoms with van der Waals surface area (Å²) in [6, 6.07) is 7.45. The Labute approximate surface area is 172 Å². The molecular weight excluding hydrogens is 378 g/mol. The van der Waals surface area contributed by atoms with Crippen LogP contribution in [0.3, 0.4) is 0 Å². The van der Waals surface area contributed by atoms with Crippen molar-refractivity contribution in [3.05, 3.63) is 36.4 Å². The molecule has 3 aliphatic rings. The van der Waals surface area contributed by atoms with E-state index in [2.05, 4.69) is 9.80 Å². The Kier molecular flexibility index (Phi) is 6.62. The molecule has 2 amide bonds. The predicted octanol–water partition coefficient (Wildman–Crippen LogP) is 2.28. The SMILES string of the molecule is Cl.O=C1C2CC=CCC2C(=O)N1CCCN1CCN(c2ccccc2O)CC1. The first-order chi connectivity index (χ1) is 13.1. The number of imide groups is 1. The van der Waals surface area contributed by atoms with Crippen molar-refractivity contribution < 1.29 is 14.7 Å². The lowest BCUT2D eigenvalue weighted by Gasteiger charge is -2.36. The van der Waals surface area contributed by atoms with Crippen molar-refractivity contribution in [1.82, 2.24) is 9.80 Å². The number of allylic oxidation sites excluding steroid dienone is 2. The number of hydrogen-bond donors (Lipinski definition) is 1. The summed E-state index contributed by atoms with van der Waals surface area (Å²) in [6.07, 6.45) is 6.29. The van der Waals surface area contributed by atoms with Gasteiger partial charge in [0, 0.05) is 32.7 Å². The Bertz CT molecular complexity index is 720. The van der Waals surface area contributed by atoms with Gasteiger partial charge in [-0.05, 0) is 37.9 Å². The molecule has 1 aliphatic carbocycles. The average Bonchev–Trinajstić information content (AvgIpc) is 2.94. The van der Waals surface area contributed by atoms with Crippen LogP contribution in [0.2, 0.25) is 0 Å². The first kappa shape index (κ1) is 20.7. The molecule has 0 aromatic heterocycles. The maximum Gasteiger partial charge on any atom is 0.233 e. The zero-order chi connectivity index (χ0) is 18.8. The molecule has 2 saturated heterocycles. The second-order valence-electron chi connectivity index (χ2n) is 7.65. The van der Waals surface area contributed by atoms with Gasteiger partial charge in [0.25, 0.3) is 0 Å². The predicted molar refractivity (Wildman–Crippen MR) is 111 cm³/mol. The summed E-state index contributed by atoms with van der Waals surface area (Å²) in [5.41, 5.74) is 0.890. The van der Waals surface area contributed by atoms with Gasteiger partial charge in [0.05, 0.1) is 17.5 Å². The van der Waals surface area contributed by atoms with Gasteiger partial charge >= 0.3 is 0 Å². The van der Waals surface area contributed by atoms with Gasteiger partial charge in [-0.15, -0.1) is 12.4 Å². The molecule has 2 heterocycles. The number of anilines is 1. The molecule has 7 heteroatoms. The van der Waals surface area contributed by atoms with E-state index in [0.717, 1.165) is 44.8 Å². The second kappa shape index (κ2) is 8.97. The third kappa shape index (κ3) is 4.03. The zero-order valence-corrected chi connectivity index (χ0v) is 16.8. The number of aromatic hydroxyl groups is 1. The fourth-order valence-electron chi connectivity index (χ4n) is 4.49. The first-order valence-electron chi connectivity index (χ1n) is 9.90. The van der Waals surface area contributed by atoms with Gasteiger partial charge in [0.15, 0.2) is 0 Å². The Hall–Kier alpha value is -2.05. The van der Waals surface area contributed by atoms with E-state index in [-0.39, 0.29) is 36.1 Å². The van der Waals surface area contributed by atoms with Crippen LogP contribution in [0.1, 0.15) is 19.3 Å². The van der Waals surface area contributed by atoms with Crippen molar-refractivity contribution in [2.45, 2.75) is 19.3 Å². The third-order valence-corrected chi connectivity index (χ3v) is 6.05. The van der Waals surface area contributed by atoms with Crippen LogP contribution in [0.4, 0.5) is 5.69 Å². The normalized spacial score (nSPS) is 25.0. The average molecular weight is 406 g/mol. The summed E-state index contributed by atoms with van der Waals surface area (Å²) in [4.78, 5) is 31.1. The van der Waals surface area contributed by atoms with Gasteiger partial charge in [-0.2, -0.15) is 0 Å². The number of benzene rings is 1. The van der Waals surface area contributed by atoms with Crippen molar-refractivity contribution in [2.24, 2.45) is 11.8 Å². The number of halogens is 1. The highest BCUT2D eigenvalue weighted by Gasteiger charge is 2.46. The Morgan fingerprint density at radius 2 is 1.50 bits per heavy atom. The van der Waals surface area contributed by atoms with E-state index in [1.807, 2.05) is 30.4 Å². The number of rotatable bonds is 5. The molecule has 2 atom stereocenters. The van der Waals surface area contributed by atoms with Gasteiger partial charge in [-0.1, -0.05) is 24.3 Å². The van der Waals surface area contributed by atoms with Crippen LogP contribution < -0.4 is 4.90 Å². The Morgan fingerprint density at radius 3 is 2.11 bits per heavy atom. The summed E-state index contributed by atoms with van der Waals surface area (Å²) in [5.74, 6) is 0.139. The van der Waals surface area contributed by atoms with Crippen LogP contribution in [0.15, 0.2) is 36.4 Å². The van der Waals surface area contributed by atoms with E-state index >= 15 is 0 Å². The lowest BCUT2D eigenvalue weighted by Crippen LogP contribution is -2.47. The molecule has 6 nitrogen and oxygen atoms in total. The highest BCUT2D eigenvalue weighted by atomic mass is 35.5. The topological polar surface area (TPSA) is 64.1 Å². The van der Waals surface area contributed by atoms with Crippen LogP contribution in [-0.4, -0.2) is 66.0 Å². The monoisotopic (exact) mass is 405 g/mol. The quantitative estimate of drug-likeness (QED) is 0.601. The van der Waals surface area contributed by atoms with E-state index in [4.69, 9.17) is 0 Å². The van der Waals surface area contributed by atoms with Crippen molar-refractivity contribution >= 4 is 29.9 Å². The molecule has 4 rings (SSSR count). The molecule has 28 heavy (non-hydrogen) atoms. The summed E-state index contributed by atoms with van der Waals surface area (Å²) in [5, 5.41) is 10.00. The molecule has 0 bridgehead atoms. The maximum atomic E-state index is 12.5. The summed E-state index contributed by atoms with van der Waals surface area (Å²) >= 11 is 0. The number of para-hydroxylation sites is 2. The smallest absolute Gasteiger partial charge is 0.233 e. The van der Waals surface area contributed by atoms with Crippen molar-refractivity contribution in [3.63, 3.8) is 0 Å². The molecule has 0 saturated carbocycles. The lowest BCUT2D eigenvalue weighted by atomic mass is 9.85. The molecule has 2 fully saturated rings. The number of phenols is 1. The van der Waals surface area contributed by atoms with E-state index in [1.165, 1.54) is 4.90 Å². The number of hydrogen-bond acceptors (Lipinski definition) is 5. The Balaban J connectivity index is 0.00000225. The van der Waals surface area contributed by atoms with Gasteiger partial charge in [-0.3, -0.25) is 19.4 Å². The molecule has 2 unspecified atom stereocenters. The molecular formula is C21H28ClN3O3. The molecule has 1 aromatic rings. The number of fused-ring (bicyclic) bond motifs is 1. The number of carbonyl (C=O) groups excluding carboxylic acids is 2. The zero-order valence-electron chi connectivity index (χ0n) is 16.0. The first-order valence-corrected chi connectivity index (χ1v) is 9.90. The van der Waals surface area contributed by atoms with Gasteiger partial charge < -0.3 is 10.0 Å². The van der Waals surface area contributed by atoms with Crippen LogP contribution >= 0.6 is 12.4 Å². The molecule has 0 spiro atoms. The second-order valence-corrected chi connectivity index (χ2v) is 7.65. The number of likely N-dealkylation sites (tertiary alicyclic amines) is 1. The largest absolute Gasteiger partial charge is 0.506 e. The maximum absolute atomic E-state index is 12.5. The van der Waals surface area contributed by atoms with Crippen molar-refractivity contribution in [3.8, 4) is 5.75 Å². The highest BCUT2D eigenvalue weighted by Crippen LogP contribution is 2.35.